The molecule has 0 N–H and O–H groups in total. The van der Waals surface area contributed by atoms with Crippen molar-refractivity contribution in [3.05, 3.63) is 194 Å². The van der Waals surface area contributed by atoms with Gasteiger partial charge in [-0.25, -0.2) is 0 Å². The monoisotopic (exact) mass is 692 g/mol. The van der Waals surface area contributed by atoms with Gasteiger partial charge in [0.2, 0.25) is 0 Å². The molecule has 11 aromatic rings. The Hall–Kier alpha value is -6.68. The molecule has 0 fully saturated rings. The Bertz CT molecular complexity index is 3160. The number of thiophene rings is 1. The van der Waals surface area contributed by atoms with Gasteiger partial charge in [0.05, 0.1) is 16.7 Å². The van der Waals surface area contributed by atoms with Gasteiger partial charge in [0, 0.05) is 58.8 Å². The topological polar surface area (TPSA) is 8.17 Å². The molecule has 0 spiro atoms. The van der Waals surface area contributed by atoms with Gasteiger partial charge >= 0.3 is 0 Å². The molecule has 0 atom stereocenters. The molecular weight excluding hydrogens is 661 g/mol. The minimum absolute atomic E-state index is 1.12. The molecule has 2 aromatic heterocycles. The Morgan fingerprint density at radius 2 is 0.981 bits per heavy atom. The van der Waals surface area contributed by atoms with Crippen molar-refractivity contribution in [1.82, 2.24) is 4.57 Å². The van der Waals surface area contributed by atoms with Crippen molar-refractivity contribution in [2.45, 2.75) is 0 Å². The largest absolute Gasteiger partial charge is 0.310 e. The number of hydrogen-bond acceptors (Lipinski definition) is 2. The highest BCUT2D eigenvalue weighted by atomic mass is 32.1. The SMILES string of the molecule is c1ccc2c(N(c3ccc(-c4ccc(-n5c6ccccc6c6ccc7ccccc7c65)cc4)cc3)c3ccc4sc5ccccc5c4c3)cccc2c1. The first kappa shape index (κ1) is 30.0. The molecule has 0 aliphatic carbocycles. The van der Waals surface area contributed by atoms with Crippen LogP contribution in [0, 0.1) is 0 Å². The van der Waals surface area contributed by atoms with Crippen molar-refractivity contribution < 1.29 is 0 Å². The van der Waals surface area contributed by atoms with E-state index in [-0.39, 0.29) is 0 Å². The summed E-state index contributed by atoms with van der Waals surface area (Å²) < 4.78 is 5.05. The van der Waals surface area contributed by atoms with Crippen LogP contribution in [0.2, 0.25) is 0 Å². The lowest BCUT2D eigenvalue weighted by Gasteiger charge is -2.27. The second-order valence-corrected chi connectivity index (χ2v) is 14.8. The maximum atomic E-state index is 2.43. The predicted octanol–water partition coefficient (Wildman–Crippen LogP) is 14.6. The standard InChI is InChI=1S/C50H32N2S/c1-3-13-40-35(10-1)12-9-18-46(40)51(39-29-31-49-45(32-39)43-16-6-8-19-48(43)53-49)37-25-20-33(21-26-37)34-22-27-38(28-23-34)52-47-17-7-5-15-42(47)44-30-24-36-11-2-4-14-41(36)50(44)52/h1-32H. The lowest BCUT2D eigenvalue weighted by Crippen LogP contribution is -2.10. The van der Waals surface area contributed by atoms with Crippen LogP contribution < -0.4 is 4.90 Å². The van der Waals surface area contributed by atoms with Gasteiger partial charge in [-0.05, 0) is 82.6 Å². The fraction of sp³-hybridized carbons (Fsp3) is 0. The molecule has 0 radical (unpaired) electrons. The van der Waals surface area contributed by atoms with Crippen molar-refractivity contribution in [1.29, 1.82) is 0 Å². The third kappa shape index (κ3) is 4.78. The van der Waals surface area contributed by atoms with Crippen LogP contribution in [0.3, 0.4) is 0 Å². The summed E-state index contributed by atoms with van der Waals surface area (Å²) in [5, 5.41) is 10.1. The summed E-state index contributed by atoms with van der Waals surface area (Å²) >= 11 is 1.86. The van der Waals surface area contributed by atoms with Gasteiger partial charge in [-0.2, -0.15) is 0 Å². The highest BCUT2D eigenvalue weighted by Crippen LogP contribution is 2.43. The highest BCUT2D eigenvalue weighted by Gasteiger charge is 2.18. The van der Waals surface area contributed by atoms with Crippen LogP contribution in [0.1, 0.15) is 0 Å². The molecule has 2 heterocycles. The number of benzene rings is 9. The van der Waals surface area contributed by atoms with Crippen LogP contribution in [-0.2, 0) is 0 Å². The van der Waals surface area contributed by atoms with E-state index in [9.17, 15) is 0 Å². The molecule has 0 aliphatic rings. The molecule has 0 bridgehead atoms. The first-order valence-corrected chi connectivity index (χ1v) is 18.9. The first-order chi connectivity index (χ1) is 26.3. The van der Waals surface area contributed by atoms with E-state index in [0.29, 0.717) is 0 Å². The van der Waals surface area contributed by atoms with E-state index in [1.807, 2.05) is 11.3 Å². The van der Waals surface area contributed by atoms with Crippen LogP contribution in [0.5, 0.6) is 0 Å². The van der Waals surface area contributed by atoms with Crippen LogP contribution in [0.15, 0.2) is 194 Å². The molecule has 9 aromatic carbocycles. The van der Waals surface area contributed by atoms with Gasteiger partial charge in [-0.15, -0.1) is 11.3 Å². The van der Waals surface area contributed by atoms with Gasteiger partial charge in [0.1, 0.15) is 0 Å². The van der Waals surface area contributed by atoms with E-state index in [1.54, 1.807) is 0 Å². The maximum absolute atomic E-state index is 2.43. The Balaban J connectivity index is 1.01. The number of nitrogens with zero attached hydrogens (tertiary/aromatic N) is 2. The molecule has 0 saturated carbocycles. The van der Waals surface area contributed by atoms with E-state index in [0.717, 1.165) is 22.7 Å². The molecule has 0 unspecified atom stereocenters. The zero-order valence-electron chi connectivity index (χ0n) is 28.8. The lowest BCUT2D eigenvalue weighted by atomic mass is 10.0. The van der Waals surface area contributed by atoms with Gasteiger partial charge < -0.3 is 9.47 Å². The molecule has 53 heavy (non-hydrogen) atoms. The Morgan fingerprint density at radius 1 is 0.377 bits per heavy atom. The van der Waals surface area contributed by atoms with Crippen molar-refractivity contribution >= 4 is 91.9 Å². The molecule has 11 rings (SSSR count). The maximum Gasteiger partial charge on any atom is 0.0619 e. The van der Waals surface area contributed by atoms with Crippen molar-refractivity contribution in [2.75, 3.05) is 4.90 Å². The Kier molecular flexibility index (Phi) is 6.76. The zero-order valence-corrected chi connectivity index (χ0v) is 29.6. The summed E-state index contributed by atoms with van der Waals surface area (Å²) in [5.41, 5.74) is 9.44. The normalized spacial score (nSPS) is 11.8. The van der Waals surface area contributed by atoms with E-state index >= 15 is 0 Å². The number of para-hydroxylation sites is 1. The summed E-state index contributed by atoms with van der Waals surface area (Å²) in [7, 11) is 0. The van der Waals surface area contributed by atoms with Crippen molar-refractivity contribution in [2.24, 2.45) is 0 Å². The summed E-state index contributed by atoms with van der Waals surface area (Å²) in [6, 6.07) is 71.0. The first-order valence-electron chi connectivity index (χ1n) is 18.1. The van der Waals surface area contributed by atoms with E-state index < -0.39 is 0 Å². The number of hydrogen-bond donors (Lipinski definition) is 0. The third-order valence-electron chi connectivity index (χ3n) is 10.8. The number of rotatable bonds is 5. The smallest absolute Gasteiger partial charge is 0.0619 e. The second-order valence-electron chi connectivity index (χ2n) is 13.7. The van der Waals surface area contributed by atoms with Gasteiger partial charge in [0.15, 0.2) is 0 Å². The van der Waals surface area contributed by atoms with Gasteiger partial charge in [0.25, 0.3) is 0 Å². The number of fused-ring (bicyclic) bond motifs is 9. The van der Waals surface area contributed by atoms with E-state index in [2.05, 4.69) is 204 Å². The quantitative estimate of drug-likeness (QED) is 0.174. The van der Waals surface area contributed by atoms with Crippen LogP contribution in [0.25, 0.3) is 80.3 Å². The summed E-state index contributed by atoms with van der Waals surface area (Å²) in [5.74, 6) is 0. The zero-order chi connectivity index (χ0) is 34.9. The fourth-order valence-electron chi connectivity index (χ4n) is 8.29. The van der Waals surface area contributed by atoms with Crippen LogP contribution in [-0.4, -0.2) is 4.57 Å². The van der Waals surface area contributed by atoms with E-state index in [4.69, 9.17) is 0 Å². The molecule has 2 nitrogen and oxygen atoms in total. The highest BCUT2D eigenvalue weighted by molar-refractivity contribution is 7.25. The summed E-state index contributed by atoms with van der Waals surface area (Å²) in [6.45, 7) is 0. The minimum Gasteiger partial charge on any atom is -0.310 e. The molecule has 248 valence electrons. The van der Waals surface area contributed by atoms with Crippen molar-refractivity contribution in [3.63, 3.8) is 0 Å². The Morgan fingerprint density at radius 3 is 1.79 bits per heavy atom. The van der Waals surface area contributed by atoms with E-state index in [1.165, 1.54) is 74.6 Å². The van der Waals surface area contributed by atoms with Crippen LogP contribution >= 0.6 is 11.3 Å². The predicted molar refractivity (Wildman–Crippen MR) is 229 cm³/mol. The molecule has 0 saturated heterocycles. The average molecular weight is 693 g/mol. The van der Waals surface area contributed by atoms with Gasteiger partial charge in [-0.3, -0.25) is 0 Å². The van der Waals surface area contributed by atoms with Gasteiger partial charge in [-0.1, -0.05) is 133 Å². The molecule has 0 amide bonds. The number of aromatic nitrogens is 1. The number of anilines is 3. The minimum atomic E-state index is 1.12. The fourth-order valence-corrected chi connectivity index (χ4v) is 9.37. The summed E-state index contributed by atoms with van der Waals surface area (Å²) in [6.07, 6.45) is 0. The van der Waals surface area contributed by atoms with Crippen molar-refractivity contribution in [3.8, 4) is 16.8 Å². The lowest BCUT2D eigenvalue weighted by molar-refractivity contribution is 1.19. The average Bonchev–Trinajstić information content (AvgIpc) is 3.77. The molecule has 3 heteroatoms. The summed E-state index contributed by atoms with van der Waals surface area (Å²) in [4.78, 5) is 2.41. The second kappa shape index (κ2) is 11.9. The molecule has 0 aliphatic heterocycles. The third-order valence-corrected chi connectivity index (χ3v) is 11.9. The molecular formula is C50H32N2S. The van der Waals surface area contributed by atoms with Crippen LogP contribution in [0.4, 0.5) is 17.1 Å². The Labute approximate surface area is 311 Å².